The standard InChI is InChI=1S/C25H20O4/c26-24(27)21-14-13-18-11-12-20(25(28)29-16-17-7-3-1-4-8-17)15-22(18)23(21)19-9-5-2-6-10-19/h1-12,15H,13-14,16H2,(H,26,27). The topological polar surface area (TPSA) is 63.6 Å². The van der Waals surface area contributed by atoms with E-state index in [0.717, 1.165) is 22.3 Å². The molecule has 4 heteroatoms. The molecule has 0 bridgehead atoms. The Hall–Kier alpha value is -3.66. The molecule has 0 unspecified atom stereocenters. The van der Waals surface area contributed by atoms with Gasteiger partial charge in [-0.05, 0) is 52.8 Å². The second-order valence-corrected chi connectivity index (χ2v) is 6.96. The number of rotatable bonds is 5. The average Bonchev–Trinajstić information content (AvgIpc) is 2.77. The molecule has 1 aliphatic carbocycles. The molecule has 0 atom stereocenters. The molecule has 3 aromatic rings. The van der Waals surface area contributed by atoms with E-state index >= 15 is 0 Å². The minimum absolute atomic E-state index is 0.193. The van der Waals surface area contributed by atoms with Gasteiger partial charge in [0, 0.05) is 5.57 Å². The van der Waals surface area contributed by atoms with Crippen molar-refractivity contribution >= 4 is 17.5 Å². The van der Waals surface area contributed by atoms with Gasteiger partial charge in [0.05, 0.1) is 5.56 Å². The molecule has 0 radical (unpaired) electrons. The molecule has 0 aliphatic heterocycles. The van der Waals surface area contributed by atoms with Gasteiger partial charge in [0.25, 0.3) is 0 Å². The number of aryl methyl sites for hydroxylation is 1. The Morgan fingerprint density at radius 3 is 2.24 bits per heavy atom. The van der Waals surface area contributed by atoms with Crippen molar-refractivity contribution in [3.05, 3.63) is 112 Å². The predicted octanol–water partition coefficient (Wildman–Crippen LogP) is 4.88. The van der Waals surface area contributed by atoms with Gasteiger partial charge in [-0.25, -0.2) is 9.59 Å². The van der Waals surface area contributed by atoms with E-state index in [0.29, 0.717) is 29.6 Å². The number of fused-ring (bicyclic) bond motifs is 1. The van der Waals surface area contributed by atoms with Crippen LogP contribution in [-0.2, 0) is 22.6 Å². The molecule has 0 amide bonds. The largest absolute Gasteiger partial charge is 0.478 e. The lowest BCUT2D eigenvalue weighted by Crippen LogP contribution is -2.14. The minimum atomic E-state index is -0.924. The molecule has 0 spiro atoms. The summed E-state index contributed by atoms with van der Waals surface area (Å²) in [5.41, 5.74) is 5.04. The summed E-state index contributed by atoms with van der Waals surface area (Å²) in [5, 5.41) is 9.73. The van der Waals surface area contributed by atoms with Crippen molar-refractivity contribution in [3.8, 4) is 0 Å². The Bertz CT molecular complexity index is 1080. The number of esters is 1. The summed E-state index contributed by atoms with van der Waals surface area (Å²) in [7, 11) is 0. The first kappa shape index (κ1) is 18.7. The molecule has 0 aromatic heterocycles. The molecule has 0 saturated carbocycles. The normalized spacial score (nSPS) is 13.0. The number of benzene rings is 3. The molecule has 4 rings (SSSR count). The van der Waals surface area contributed by atoms with Crippen LogP contribution in [0.5, 0.6) is 0 Å². The Balaban J connectivity index is 1.69. The Kier molecular flexibility index (Phi) is 5.25. The van der Waals surface area contributed by atoms with E-state index in [1.165, 1.54) is 0 Å². The van der Waals surface area contributed by atoms with Crippen LogP contribution in [0.3, 0.4) is 0 Å². The molecule has 29 heavy (non-hydrogen) atoms. The predicted molar refractivity (Wildman–Crippen MR) is 110 cm³/mol. The first-order chi connectivity index (χ1) is 14.1. The maximum absolute atomic E-state index is 12.6. The quantitative estimate of drug-likeness (QED) is 0.637. The van der Waals surface area contributed by atoms with E-state index < -0.39 is 11.9 Å². The van der Waals surface area contributed by atoms with E-state index in [4.69, 9.17) is 4.74 Å². The summed E-state index contributed by atoms with van der Waals surface area (Å²) in [6.45, 7) is 0.193. The van der Waals surface area contributed by atoms with Crippen LogP contribution in [0.1, 0.15) is 39.0 Å². The zero-order chi connectivity index (χ0) is 20.2. The Morgan fingerprint density at radius 2 is 1.55 bits per heavy atom. The van der Waals surface area contributed by atoms with Crippen LogP contribution in [0.4, 0.5) is 0 Å². The third-order valence-electron chi connectivity index (χ3n) is 5.09. The zero-order valence-electron chi connectivity index (χ0n) is 15.8. The van der Waals surface area contributed by atoms with Crippen molar-refractivity contribution in [1.29, 1.82) is 0 Å². The molecule has 4 nitrogen and oxygen atoms in total. The smallest absolute Gasteiger partial charge is 0.338 e. The van der Waals surface area contributed by atoms with Crippen molar-refractivity contribution in [1.82, 2.24) is 0 Å². The number of aliphatic carboxylic acids is 1. The van der Waals surface area contributed by atoms with Crippen molar-refractivity contribution in [2.24, 2.45) is 0 Å². The van der Waals surface area contributed by atoms with Gasteiger partial charge in [-0.2, -0.15) is 0 Å². The molecule has 144 valence electrons. The number of ether oxygens (including phenoxy) is 1. The van der Waals surface area contributed by atoms with Crippen LogP contribution in [0.15, 0.2) is 84.4 Å². The number of hydrogen-bond acceptors (Lipinski definition) is 3. The summed E-state index contributed by atoms with van der Waals surface area (Å²) in [4.78, 5) is 24.5. The van der Waals surface area contributed by atoms with Crippen molar-refractivity contribution in [2.45, 2.75) is 19.4 Å². The Morgan fingerprint density at radius 1 is 0.862 bits per heavy atom. The van der Waals surface area contributed by atoms with E-state index in [1.54, 1.807) is 12.1 Å². The summed E-state index contributed by atoms with van der Waals surface area (Å²) in [5.74, 6) is -1.35. The highest BCUT2D eigenvalue weighted by Crippen LogP contribution is 2.36. The summed E-state index contributed by atoms with van der Waals surface area (Å²) >= 11 is 0. The van der Waals surface area contributed by atoms with Crippen LogP contribution in [0, 0.1) is 0 Å². The number of carbonyl (C=O) groups excluding carboxylic acids is 1. The van der Waals surface area contributed by atoms with E-state index in [1.807, 2.05) is 66.7 Å². The van der Waals surface area contributed by atoms with Gasteiger partial charge in [-0.15, -0.1) is 0 Å². The molecular formula is C25H20O4. The second kappa shape index (κ2) is 8.15. The lowest BCUT2D eigenvalue weighted by atomic mass is 9.81. The highest BCUT2D eigenvalue weighted by Gasteiger charge is 2.25. The number of carboxylic acids is 1. The molecule has 3 aromatic carbocycles. The minimum Gasteiger partial charge on any atom is -0.478 e. The summed E-state index contributed by atoms with van der Waals surface area (Å²) < 4.78 is 5.45. The third-order valence-corrected chi connectivity index (χ3v) is 5.09. The van der Waals surface area contributed by atoms with E-state index in [2.05, 4.69) is 0 Å². The molecular weight excluding hydrogens is 364 g/mol. The SMILES string of the molecule is O=C(O)C1=C(c2ccccc2)c2cc(C(=O)OCc3ccccc3)ccc2CC1. The van der Waals surface area contributed by atoms with E-state index in [-0.39, 0.29) is 6.61 Å². The van der Waals surface area contributed by atoms with Gasteiger partial charge >= 0.3 is 11.9 Å². The van der Waals surface area contributed by atoms with Crippen molar-refractivity contribution in [3.63, 3.8) is 0 Å². The lowest BCUT2D eigenvalue weighted by molar-refractivity contribution is -0.132. The van der Waals surface area contributed by atoms with Crippen molar-refractivity contribution < 1.29 is 19.4 Å². The highest BCUT2D eigenvalue weighted by molar-refractivity contribution is 6.03. The maximum atomic E-state index is 12.6. The van der Waals surface area contributed by atoms with Gasteiger partial charge in [0.1, 0.15) is 6.61 Å². The zero-order valence-corrected chi connectivity index (χ0v) is 15.8. The number of carbonyl (C=O) groups is 2. The van der Waals surface area contributed by atoms with E-state index in [9.17, 15) is 14.7 Å². The Labute approximate surface area is 169 Å². The van der Waals surface area contributed by atoms with Crippen LogP contribution < -0.4 is 0 Å². The maximum Gasteiger partial charge on any atom is 0.338 e. The van der Waals surface area contributed by atoms with Crippen LogP contribution in [-0.4, -0.2) is 17.0 Å². The van der Waals surface area contributed by atoms with Crippen LogP contribution >= 0.6 is 0 Å². The van der Waals surface area contributed by atoms with Gasteiger partial charge in [0.2, 0.25) is 0 Å². The fourth-order valence-electron chi connectivity index (χ4n) is 3.66. The molecule has 0 fully saturated rings. The fraction of sp³-hybridized carbons (Fsp3) is 0.120. The molecule has 0 heterocycles. The molecule has 1 aliphatic rings. The van der Waals surface area contributed by atoms with Crippen molar-refractivity contribution in [2.75, 3.05) is 0 Å². The number of carboxylic acid groups (broad SMARTS) is 1. The van der Waals surface area contributed by atoms with Gasteiger partial charge < -0.3 is 9.84 Å². The summed E-state index contributed by atoms with van der Waals surface area (Å²) in [6, 6.07) is 24.4. The van der Waals surface area contributed by atoms with Crippen LogP contribution in [0.25, 0.3) is 5.57 Å². The molecule has 1 N–H and O–H groups in total. The fourth-order valence-corrected chi connectivity index (χ4v) is 3.66. The van der Waals surface area contributed by atoms with Gasteiger partial charge in [-0.3, -0.25) is 0 Å². The first-order valence-electron chi connectivity index (χ1n) is 9.49. The van der Waals surface area contributed by atoms with Gasteiger partial charge in [0.15, 0.2) is 0 Å². The summed E-state index contributed by atoms with van der Waals surface area (Å²) in [6.07, 6.45) is 1.09. The lowest BCUT2D eigenvalue weighted by Gasteiger charge is -2.22. The second-order valence-electron chi connectivity index (χ2n) is 6.96. The number of hydrogen-bond donors (Lipinski definition) is 1. The molecule has 0 saturated heterocycles. The average molecular weight is 384 g/mol. The van der Waals surface area contributed by atoms with Gasteiger partial charge in [-0.1, -0.05) is 66.7 Å². The first-order valence-corrected chi connectivity index (χ1v) is 9.49. The monoisotopic (exact) mass is 384 g/mol. The van der Waals surface area contributed by atoms with Crippen LogP contribution in [0.2, 0.25) is 0 Å². The third kappa shape index (κ3) is 3.97. The highest BCUT2D eigenvalue weighted by atomic mass is 16.5.